The Morgan fingerprint density at radius 1 is 1.33 bits per heavy atom. The summed E-state index contributed by atoms with van der Waals surface area (Å²) in [5, 5.41) is 8.75. The Balaban J connectivity index is 2.98. The van der Waals surface area contributed by atoms with Crippen molar-refractivity contribution in [1.82, 2.24) is 4.72 Å². The van der Waals surface area contributed by atoms with Crippen molar-refractivity contribution in [2.75, 3.05) is 25.0 Å². The van der Waals surface area contributed by atoms with Crippen LogP contribution < -0.4 is 9.62 Å². The van der Waals surface area contributed by atoms with E-state index in [0.717, 1.165) is 0 Å². The van der Waals surface area contributed by atoms with Gasteiger partial charge in [0.25, 0.3) is 0 Å². The van der Waals surface area contributed by atoms with Crippen LogP contribution >= 0.6 is 0 Å². The number of carboxylic acids is 1. The fourth-order valence-corrected chi connectivity index (χ4v) is 2.23. The molecular formula is C11H16N2O4S. The zero-order valence-electron chi connectivity index (χ0n) is 10.3. The van der Waals surface area contributed by atoms with Crippen LogP contribution in [-0.4, -0.2) is 39.6 Å². The van der Waals surface area contributed by atoms with Gasteiger partial charge in [0.15, 0.2) is 0 Å². The number of hydrogen-bond acceptors (Lipinski definition) is 4. The summed E-state index contributed by atoms with van der Waals surface area (Å²) in [6, 6.07) is 6.09. The topological polar surface area (TPSA) is 86.7 Å². The van der Waals surface area contributed by atoms with Gasteiger partial charge in [-0.15, -0.1) is 0 Å². The van der Waals surface area contributed by atoms with Crippen LogP contribution in [0.15, 0.2) is 29.2 Å². The number of nitrogens with one attached hydrogen (secondary N) is 1. The van der Waals surface area contributed by atoms with Gasteiger partial charge in [0.05, 0.1) is 4.90 Å². The van der Waals surface area contributed by atoms with Crippen LogP contribution in [0.1, 0.15) is 6.92 Å². The van der Waals surface area contributed by atoms with Gasteiger partial charge in [-0.2, -0.15) is 0 Å². The van der Waals surface area contributed by atoms with Crippen molar-refractivity contribution < 1.29 is 18.3 Å². The molecule has 18 heavy (non-hydrogen) atoms. The summed E-state index contributed by atoms with van der Waals surface area (Å²) in [5.41, 5.74) is 0.676. The Hall–Kier alpha value is -1.60. The summed E-state index contributed by atoms with van der Waals surface area (Å²) >= 11 is 0. The Morgan fingerprint density at radius 3 is 2.28 bits per heavy atom. The molecule has 0 unspecified atom stereocenters. The molecule has 0 aromatic heterocycles. The van der Waals surface area contributed by atoms with Crippen molar-refractivity contribution in [3.05, 3.63) is 24.3 Å². The molecule has 0 fully saturated rings. The van der Waals surface area contributed by atoms with Crippen LogP contribution in [-0.2, 0) is 14.8 Å². The first-order chi connectivity index (χ1) is 8.40. The van der Waals surface area contributed by atoms with E-state index in [9.17, 15) is 13.2 Å². The van der Waals surface area contributed by atoms with Crippen LogP contribution in [0, 0.1) is 0 Å². The van der Waals surface area contributed by atoms with E-state index < -0.39 is 16.0 Å². The quantitative estimate of drug-likeness (QED) is 0.787. The molecule has 7 heteroatoms. The molecule has 0 aliphatic heterocycles. The predicted molar refractivity (Wildman–Crippen MR) is 68.2 cm³/mol. The van der Waals surface area contributed by atoms with Crippen molar-refractivity contribution in [3.63, 3.8) is 0 Å². The monoisotopic (exact) mass is 272 g/mol. The summed E-state index contributed by atoms with van der Waals surface area (Å²) in [5.74, 6) is -0.927. The van der Waals surface area contributed by atoms with E-state index in [1.807, 2.05) is 6.92 Å². The summed E-state index contributed by atoms with van der Waals surface area (Å²) in [6.45, 7) is 2.25. The summed E-state index contributed by atoms with van der Waals surface area (Å²) in [7, 11) is -2.12. The molecule has 0 aliphatic rings. The Kier molecular flexibility index (Phi) is 4.69. The number of rotatable bonds is 6. The second kappa shape index (κ2) is 5.83. The van der Waals surface area contributed by atoms with Crippen LogP contribution in [0.25, 0.3) is 0 Å². The zero-order valence-corrected chi connectivity index (χ0v) is 11.1. The molecule has 0 atom stereocenters. The lowest BCUT2D eigenvalue weighted by molar-refractivity contribution is -0.135. The summed E-state index contributed by atoms with van der Waals surface area (Å²) < 4.78 is 25.2. The number of sulfonamides is 1. The van der Waals surface area contributed by atoms with E-state index >= 15 is 0 Å². The van der Waals surface area contributed by atoms with Crippen LogP contribution in [0.2, 0.25) is 0 Å². The highest BCUT2D eigenvalue weighted by atomic mass is 32.2. The van der Waals surface area contributed by atoms with Crippen LogP contribution in [0.4, 0.5) is 5.69 Å². The number of aliphatic carboxylic acids is 1. The van der Waals surface area contributed by atoms with Gasteiger partial charge < -0.3 is 10.0 Å². The van der Waals surface area contributed by atoms with Crippen molar-refractivity contribution in [1.29, 1.82) is 0 Å². The van der Waals surface area contributed by atoms with Crippen molar-refractivity contribution >= 4 is 21.7 Å². The van der Waals surface area contributed by atoms with Crippen LogP contribution in [0.3, 0.4) is 0 Å². The number of anilines is 1. The Labute approximate surface area is 106 Å². The van der Waals surface area contributed by atoms with Gasteiger partial charge in [-0.3, -0.25) is 4.79 Å². The lowest BCUT2D eigenvalue weighted by Crippen LogP contribution is -2.29. The molecule has 0 saturated carbocycles. The molecule has 0 amide bonds. The van der Waals surface area contributed by atoms with Gasteiger partial charge in [0, 0.05) is 12.2 Å². The highest BCUT2D eigenvalue weighted by molar-refractivity contribution is 7.89. The largest absolute Gasteiger partial charge is 0.480 e. The number of nitrogens with zero attached hydrogens (tertiary/aromatic N) is 1. The Bertz CT molecular complexity index is 510. The highest BCUT2D eigenvalue weighted by Crippen LogP contribution is 2.17. The number of carbonyl (C=O) groups is 1. The molecule has 0 aliphatic carbocycles. The standard InChI is InChI=1S/C11H16N2O4S/c1-3-13(8-11(14)15)9-4-6-10(7-5-9)18(16,17)12-2/h4-7,12H,3,8H2,1-2H3,(H,14,15). The third-order valence-corrected chi connectivity index (χ3v) is 3.92. The second-order valence-electron chi connectivity index (χ2n) is 3.61. The molecule has 100 valence electrons. The molecule has 1 rings (SSSR count). The molecule has 1 aromatic rings. The molecule has 2 N–H and O–H groups in total. The normalized spacial score (nSPS) is 11.2. The highest BCUT2D eigenvalue weighted by Gasteiger charge is 2.13. The number of benzene rings is 1. The molecule has 0 radical (unpaired) electrons. The lowest BCUT2D eigenvalue weighted by Gasteiger charge is -2.20. The van der Waals surface area contributed by atoms with Gasteiger partial charge in [-0.1, -0.05) is 0 Å². The SMILES string of the molecule is CCN(CC(=O)O)c1ccc(S(=O)(=O)NC)cc1. The number of likely N-dealkylation sites (N-methyl/N-ethyl adjacent to an activating group) is 1. The fourth-order valence-electron chi connectivity index (χ4n) is 1.50. The maximum absolute atomic E-state index is 11.5. The maximum atomic E-state index is 11.5. The van der Waals surface area contributed by atoms with Crippen molar-refractivity contribution in [2.24, 2.45) is 0 Å². The summed E-state index contributed by atoms with van der Waals surface area (Å²) in [4.78, 5) is 12.5. The van der Waals surface area contributed by atoms with Crippen molar-refractivity contribution in [2.45, 2.75) is 11.8 Å². The average Bonchev–Trinajstić information content (AvgIpc) is 2.36. The zero-order chi connectivity index (χ0) is 13.8. The van der Waals surface area contributed by atoms with E-state index in [-0.39, 0.29) is 11.4 Å². The molecular weight excluding hydrogens is 256 g/mol. The van der Waals surface area contributed by atoms with Gasteiger partial charge in [-0.05, 0) is 38.2 Å². The van der Waals surface area contributed by atoms with E-state index in [1.165, 1.54) is 19.2 Å². The average molecular weight is 272 g/mol. The molecule has 0 heterocycles. The smallest absolute Gasteiger partial charge is 0.323 e. The minimum atomic E-state index is -3.46. The van der Waals surface area contributed by atoms with Crippen LogP contribution in [0.5, 0.6) is 0 Å². The van der Waals surface area contributed by atoms with Gasteiger partial charge in [-0.25, -0.2) is 13.1 Å². The fraction of sp³-hybridized carbons (Fsp3) is 0.364. The lowest BCUT2D eigenvalue weighted by atomic mass is 10.3. The minimum absolute atomic E-state index is 0.116. The molecule has 1 aromatic carbocycles. The third-order valence-electron chi connectivity index (χ3n) is 2.49. The van der Waals surface area contributed by atoms with Gasteiger partial charge in [0.2, 0.25) is 10.0 Å². The first-order valence-electron chi connectivity index (χ1n) is 5.41. The molecule has 6 nitrogen and oxygen atoms in total. The number of hydrogen-bond donors (Lipinski definition) is 2. The summed E-state index contributed by atoms with van der Waals surface area (Å²) in [6.07, 6.45) is 0. The van der Waals surface area contributed by atoms with Gasteiger partial charge in [0.1, 0.15) is 6.54 Å². The van der Waals surface area contributed by atoms with E-state index in [1.54, 1.807) is 17.0 Å². The second-order valence-corrected chi connectivity index (χ2v) is 5.50. The third kappa shape index (κ3) is 3.44. The number of carboxylic acid groups (broad SMARTS) is 1. The first kappa shape index (κ1) is 14.5. The molecule has 0 bridgehead atoms. The Morgan fingerprint density at radius 2 is 1.89 bits per heavy atom. The van der Waals surface area contributed by atoms with Crippen molar-refractivity contribution in [3.8, 4) is 0 Å². The minimum Gasteiger partial charge on any atom is -0.480 e. The van der Waals surface area contributed by atoms with E-state index in [4.69, 9.17) is 5.11 Å². The van der Waals surface area contributed by atoms with E-state index in [0.29, 0.717) is 12.2 Å². The molecule has 0 saturated heterocycles. The maximum Gasteiger partial charge on any atom is 0.323 e. The van der Waals surface area contributed by atoms with E-state index in [2.05, 4.69) is 4.72 Å². The molecule has 0 spiro atoms. The van der Waals surface area contributed by atoms with Gasteiger partial charge >= 0.3 is 5.97 Å². The predicted octanol–water partition coefficient (Wildman–Crippen LogP) is 0.506. The first-order valence-corrected chi connectivity index (χ1v) is 6.89.